The van der Waals surface area contributed by atoms with Gasteiger partial charge in [-0.1, -0.05) is 35.6 Å². The van der Waals surface area contributed by atoms with Gasteiger partial charge in [0.2, 0.25) is 5.91 Å². The highest BCUT2D eigenvalue weighted by Crippen LogP contribution is 2.27. The van der Waals surface area contributed by atoms with Crippen molar-refractivity contribution in [2.24, 2.45) is 5.73 Å². The maximum absolute atomic E-state index is 13.6. The number of aliphatic hydroxyl groups is 1. The number of fused-ring (bicyclic) bond motifs is 1. The first-order chi connectivity index (χ1) is 11.6. The van der Waals surface area contributed by atoms with E-state index in [1.54, 1.807) is 24.3 Å². The molecule has 0 spiro atoms. The molecule has 0 aliphatic carbocycles. The third-order valence-corrected chi connectivity index (χ3v) is 4.51. The van der Waals surface area contributed by atoms with Crippen LogP contribution in [0.1, 0.15) is 17.0 Å². The Hall–Kier alpha value is -2.42. The van der Waals surface area contributed by atoms with Crippen LogP contribution in [0.2, 0.25) is 0 Å². The zero-order valence-corrected chi connectivity index (χ0v) is 13.4. The SMILES string of the molecule is NC[C@@H](C(=O)Nc1nc2c(F)cncc2s1)c1ccc(CO)cc1. The molecule has 0 unspecified atom stereocenters. The lowest BCUT2D eigenvalue weighted by molar-refractivity contribution is -0.117. The number of pyridine rings is 1. The molecule has 0 bridgehead atoms. The number of aromatic nitrogens is 2. The summed E-state index contributed by atoms with van der Waals surface area (Å²) in [5.41, 5.74) is 7.41. The van der Waals surface area contributed by atoms with Gasteiger partial charge in [-0.3, -0.25) is 9.78 Å². The largest absolute Gasteiger partial charge is 0.392 e. The van der Waals surface area contributed by atoms with Crippen LogP contribution in [0, 0.1) is 5.82 Å². The number of rotatable bonds is 5. The average Bonchev–Trinajstić information content (AvgIpc) is 3.00. The molecule has 4 N–H and O–H groups in total. The first kappa shape index (κ1) is 16.4. The number of hydrogen-bond acceptors (Lipinski definition) is 6. The Morgan fingerprint density at radius 1 is 1.33 bits per heavy atom. The van der Waals surface area contributed by atoms with Gasteiger partial charge < -0.3 is 16.2 Å². The minimum absolute atomic E-state index is 0.0644. The lowest BCUT2D eigenvalue weighted by Gasteiger charge is -2.14. The number of halogens is 1. The molecular formula is C16H15FN4O2S. The molecule has 2 aromatic heterocycles. The van der Waals surface area contributed by atoms with Crippen molar-refractivity contribution in [3.05, 3.63) is 53.6 Å². The van der Waals surface area contributed by atoms with Crippen LogP contribution in [-0.2, 0) is 11.4 Å². The summed E-state index contributed by atoms with van der Waals surface area (Å²) in [6.07, 6.45) is 2.58. The number of carbonyl (C=O) groups is 1. The Morgan fingerprint density at radius 3 is 2.71 bits per heavy atom. The molecule has 1 amide bonds. The van der Waals surface area contributed by atoms with Crippen molar-refractivity contribution in [3.8, 4) is 0 Å². The van der Waals surface area contributed by atoms with Gasteiger partial charge in [0, 0.05) is 12.7 Å². The number of hydrogen-bond donors (Lipinski definition) is 3. The predicted molar refractivity (Wildman–Crippen MR) is 90.2 cm³/mol. The number of benzene rings is 1. The van der Waals surface area contributed by atoms with Gasteiger partial charge in [0.15, 0.2) is 10.9 Å². The van der Waals surface area contributed by atoms with Crippen LogP contribution in [-0.4, -0.2) is 27.5 Å². The molecule has 0 fully saturated rings. The fourth-order valence-corrected chi connectivity index (χ4v) is 3.17. The highest BCUT2D eigenvalue weighted by atomic mass is 32.1. The first-order valence-corrected chi connectivity index (χ1v) is 8.04. The van der Waals surface area contributed by atoms with Crippen LogP contribution < -0.4 is 11.1 Å². The van der Waals surface area contributed by atoms with Crippen molar-refractivity contribution in [2.75, 3.05) is 11.9 Å². The number of carbonyl (C=O) groups excluding carboxylic acids is 1. The van der Waals surface area contributed by atoms with E-state index in [1.807, 2.05) is 0 Å². The average molecular weight is 346 g/mol. The number of nitrogens with zero attached hydrogens (tertiary/aromatic N) is 2. The van der Waals surface area contributed by atoms with E-state index in [1.165, 1.54) is 6.20 Å². The number of aliphatic hydroxyl groups excluding tert-OH is 1. The normalized spacial score (nSPS) is 12.3. The summed E-state index contributed by atoms with van der Waals surface area (Å²) in [6.45, 7) is 0.0518. The highest BCUT2D eigenvalue weighted by molar-refractivity contribution is 7.22. The quantitative estimate of drug-likeness (QED) is 0.656. The number of thiazole rings is 1. The van der Waals surface area contributed by atoms with Gasteiger partial charge in [0.25, 0.3) is 0 Å². The number of anilines is 1. The van der Waals surface area contributed by atoms with Gasteiger partial charge in [-0.05, 0) is 11.1 Å². The summed E-state index contributed by atoms with van der Waals surface area (Å²) in [5.74, 6) is -1.41. The Balaban J connectivity index is 1.81. The van der Waals surface area contributed by atoms with Gasteiger partial charge in [0.05, 0.1) is 23.4 Å². The van der Waals surface area contributed by atoms with Crippen molar-refractivity contribution in [1.29, 1.82) is 0 Å². The van der Waals surface area contributed by atoms with Gasteiger partial charge in [0.1, 0.15) is 5.52 Å². The van der Waals surface area contributed by atoms with Gasteiger partial charge >= 0.3 is 0 Å². The van der Waals surface area contributed by atoms with Crippen LogP contribution >= 0.6 is 11.3 Å². The molecular weight excluding hydrogens is 331 g/mol. The predicted octanol–water partition coefficient (Wildman–Crippen LogP) is 2.00. The second-order valence-corrected chi connectivity index (χ2v) is 6.19. The second kappa shape index (κ2) is 7.00. The topological polar surface area (TPSA) is 101 Å². The number of amides is 1. The summed E-state index contributed by atoms with van der Waals surface area (Å²) >= 11 is 1.15. The van der Waals surface area contributed by atoms with E-state index in [2.05, 4.69) is 15.3 Å². The molecule has 1 aromatic carbocycles. The summed E-state index contributed by atoms with van der Waals surface area (Å²) in [7, 11) is 0. The minimum atomic E-state index is -0.562. The van der Waals surface area contributed by atoms with Gasteiger partial charge in [-0.25, -0.2) is 9.37 Å². The lowest BCUT2D eigenvalue weighted by Crippen LogP contribution is -2.27. The molecule has 3 rings (SSSR count). The molecule has 124 valence electrons. The number of nitrogens with one attached hydrogen (secondary N) is 1. The van der Waals surface area contributed by atoms with Crippen LogP contribution in [0.3, 0.4) is 0 Å². The van der Waals surface area contributed by atoms with E-state index < -0.39 is 11.7 Å². The zero-order valence-electron chi connectivity index (χ0n) is 12.6. The molecule has 6 nitrogen and oxygen atoms in total. The summed E-state index contributed by atoms with van der Waals surface area (Å²) in [4.78, 5) is 20.3. The van der Waals surface area contributed by atoms with E-state index in [4.69, 9.17) is 10.8 Å². The van der Waals surface area contributed by atoms with E-state index in [0.717, 1.165) is 28.7 Å². The summed E-state index contributed by atoms with van der Waals surface area (Å²) < 4.78 is 14.2. The van der Waals surface area contributed by atoms with E-state index in [9.17, 15) is 9.18 Å². The Morgan fingerprint density at radius 2 is 2.08 bits per heavy atom. The standard InChI is InChI=1S/C16H15FN4O2S/c17-12-6-19-7-13-14(12)20-16(24-13)21-15(23)11(5-18)10-3-1-9(8-22)2-4-10/h1-4,6-7,11,22H,5,8,18H2,(H,20,21,23)/t11-/m1/s1. The molecule has 0 aliphatic rings. The lowest BCUT2D eigenvalue weighted by atomic mass is 9.97. The maximum Gasteiger partial charge on any atom is 0.234 e. The molecule has 0 saturated heterocycles. The van der Waals surface area contributed by atoms with Crippen molar-refractivity contribution in [2.45, 2.75) is 12.5 Å². The number of nitrogens with two attached hydrogens (primary N) is 1. The molecule has 0 saturated carbocycles. The minimum Gasteiger partial charge on any atom is -0.392 e. The Labute approximate surface area is 141 Å². The van der Waals surface area contributed by atoms with E-state index in [0.29, 0.717) is 9.83 Å². The van der Waals surface area contributed by atoms with Crippen LogP contribution in [0.5, 0.6) is 0 Å². The molecule has 3 aromatic rings. The zero-order chi connectivity index (χ0) is 17.1. The van der Waals surface area contributed by atoms with Crippen LogP contribution in [0.15, 0.2) is 36.7 Å². The second-order valence-electron chi connectivity index (χ2n) is 5.16. The van der Waals surface area contributed by atoms with Crippen molar-refractivity contribution >= 4 is 32.6 Å². The maximum atomic E-state index is 13.6. The van der Waals surface area contributed by atoms with Crippen molar-refractivity contribution < 1.29 is 14.3 Å². The molecule has 0 radical (unpaired) electrons. The monoisotopic (exact) mass is 346 g/mol. The summed E-state index contributed by atoms with van der Waals surface area (Å²) in [5, 5.41) is 12.1. The molecule has 8 heteroatoms. The highest BCUT2D eigenvalue weighted by Gasteiger charge is 2.21. The Kier molecular flexibility index (Phi) is 4.79. The van der Waals surface area contributed by atoms with E-state index >= 15 is 0 Å². The van der Waals surface area contributed by atoms with Crippen molar-refractivity contribution in [3.63, 3.8) is 0 Å². The molecule has 2 heterocycles. The fourth-order valence-electron chi connectivity index (χ4n) is 2.32. The van der Waals surface area contributed by atoms with Gasteiger partial charge in [-0.2, -0.15) is 0 Å². The third-order valence-electron chi connectivity index (χ3n) is 3.61. The summed E-state index contributed by atoms with van der Waals surface area (Å²) in [6, 6.07) is 6.99. The smallest absolute Gasteiger partial charge is 0.234 e. The van der Waals surface area contributed by atoms with Crippen molar-refractivity contribution in [1.82, 2.24) is 9.97 Å². The first-order valence-electron chi connectivity index (χ1n) is 7.23. The van der Waals surface area contributed by atoms with E-state index in [-0.39, 0.29) is 24.6 Å². The van der Waals surface area contributed by atoms with Crippen LogP contribution in [0.4, 0.5) is 9.52 Å². The fraction of sp³-hybridized carbons (Fsp3) is 0.188. The third kappa shape index (κ3) is 3.25. The van der Waals surface area contributed by atoms with Gasteiger partial charge in [-0.15, -0.1) is 0 Å². The molecule has 1 atom stereocenters. The Bertz CT molecular complexity index is 866. The molecule has 24 heavy (non-hydrogen) atoms. The molecule has 0 aliphatic heterocycles. The van der Waals surface area contributed by atoms with Crippen LogP contribution in [0.25, 0.3) is 10.2 Å².